The van der Waals surface area contributed by atoms with Gasteiger partial charge >= 0.3 is 0 Å². The molecule has 0 aliphatic heterocycles. The Labute approximate surface area is 217 Å². The SMILES string of the molecule is Cc1ccc2[nH]c(-c3ccc4ccccc4n3)c(CCCC(=O)NNC(=O)c3ccc(Br)cc3)c2c1. The average Bonchev–Trinajstić information content (AvgIpc) is 3.25. The summed E-state index contributed by atoms with van der Waals surface area (Å²) in [6.07, 6.45) is 1.60. The zero-order chi connectivity index (χ0) is 25.1. The molecule has 0 aliphatic rings. The van der Waals surface area contributed by atoms with Crippen LogP contribution >= 0.6 is 15.9 Å². The lowest BCUT2D eigenvalue weighted by molar-refractivity contribution is -0.121. The van der Waals surface area contributed by atoms with Gasteiger partial charge in [-0.15, -0.1) is 0 Å². The van der Waals surface area contributed by atoms with E-state index in [-0.39, 0.29) is 18.2 Å². The van der Waals surface area contributed by atoms with Gasteiger partial charge < -0.3 is 4.98 Å². The maximum Gasteiger partial charge on any atom is 0.269 e. The van der Waals surface area contributed by atoms with Gasteiger partial charge in [0.25, 0.3) is 5.91 Å². The number of H-pyrrole nitrogens is 1. The highest BCUT2D eigenvalue weighted by Gasteiger charge is 2.16. The van der Waals surface area contributed by atoms with Gasteiger partial charge in [-0.2, -0.15) is 0 Å². The summed E-state index contributed by atoms with van der Waals surface area (Å²) in [7, 11) is 0. The largest absolute Gasteiger partial charge is 0.353 e. The Hall–Kier alpha value is -3.97. The van der Waals surface area contributed by atoms with Gasteiger partial charge in [-0.05, 0) is 73.9 Å². The van der Waals surface area contributed by atoms with Crippen molar-refractivity contribution in [1.29, 1.82) is 0 Å². The quantitative estimate of drug-likeness (QED) is 0.223. The zero-order valence-corrected chi connectivity index (χ0v) is 21.4. The fourth-order valence-electron chi connectivity index (χ4n) is 4.33. The number of halogens is 1. The Bertz CT molecular complexity index is 1570. The first-order valence-electron chi connectivity index (χ1n) is 11.8. The summed E-state index contributed by atoms with van der Waals surface area (Å²) in [5, 5.41) is 2.24. The van der Waals surface area contributed by atoms with E-state index in [1.165, 1.54) is 5.56 Å². The number of hydrogen-bond donors (Lipinski definition) is 3. The van der Waals surface area contributed by atoms with Crippen LogP contribution in [0.25, 0.3) is 33.2 Å². The molecule has 0 unspecified atom stereocenters. The number of hydrazine groups is 1. The minimum atomic E-state index is -0.354. The van der Waals surface area contributed by atoms with Crippen molar-refractivity contribution in [2.75, 3.05) is 0 Å². The van der Waals surface area contributed by atoms with Crippen LogP contribution in [0.1, 0.15) is 34.3 Å². The van der Waals surface area contributed by atoms with E-state index in [0.29, 0.717) is 18.4 Å². The Morgan fingerprint density at radius 1 is 0.944 bits per heavy atom. The third-order valence-electron chi connectivity index (χ3n) is 6.17. The van der Waals surface area contributed by atoms with Crippen molar-refractivity contribution in [3.63, 3.8) is 0 Å². The molecule has 5 rings (SSSR count). The Morgan fingerprint density at radius 3 is 2.58 bits per heavy atom. The number of rotatable bonds is 6. The second-order valence-electron chi connectivity index (χ2n) is 8.78. The lowest BCUT2D eigenvalue weighted by Gasteiger charge is -2.09. The molecule has 3 N–H and O–H groups in total. The molecule has 2 aromatic heterocycles. The predicted octanol–water partition coefficient (Wildman–Crippen LogP) is 6.24. The highest BCUT2D eigenvalue weighted by atomic mass is 79.9. The van der Waals surface area contributed by atoms with E-state index in [4.69, 9.17) is 4.98 Å². The Balaban J connectivity index is 1.30. The molecule has 5 aromatic rings. The van der Waals surface area contributed by atoms with E-state index in [9.17, 15) is 9.59 Å². The number of nitrogens with zero attached hydrogens (tertiary/aromatic N) is 1. The van der Waals surface area contributed by atoms with E-state index in [0.717, 1.165) is 43.2 Å². The molecule has 0 saturated carbocycles. The van der Waals surface area contributed by atoms with Crippen LogP contribution in [0.3, 0.4) is 0 Å². The van der Waals surface area contributed by atoms with Crippen LogP contribution < -0.4 is 10.9 Å². The number of aromatic amines is 1. The third kappa shape index (κ3) is 5.16. The molecule has 3 aromatic carbocycles. The summed E-state index contributed by atoms with van der Waals surface area (Å²) in [4.78, 5) is 33.1. The summed E-state index contributed by atoms with van der Waals surface area (Å²) in [6.45, 7) is 2.08. The van der Waals surface area contributed by atoms with Gasteiger partial charge in [0, 0.05) is 32.7 Å². The molecule has 0 radical (unpaired) electrons. The number of carbonyl (C=O) groups is 2. The zero-order valence-electron chi connectivity index (χ0n) is 19.8. The molecule has 180 valence electrons. The van der Waals surface area contributed by atoms with E-state index in [1.54, 1.807) is 24.3 Å². The minimum absolute atomic E-state index is 0.234. The summed E-state index contributed by atoms with van der Waals surface area (Å²) in [5.74, 6) is -0.588. The summed E-state index contributed by atoms with van der Waals surface area (Å²) in [6, 6.07) is 25.5. The minimum Gasteiger partial charge on any atom is -0.353 e. The molecular formula is C29H25BrN4O2. The van der Waals surface area contributed by atoms with Crippen LogP contribution in [0, 0.1) is 6.92 Å². The normalized spacial score (nSPS) is 11.1. The molecular weight excluding hydrogens is 516 g/mol. The standard InChI is InChI=1S/C29H25BrN4O2/c1-18-9-15-25-23(17-18)22(28(32-25)26-16-12-19-5-2-3-7-24(19)31-26)6-4-8-27(35)33-34-29(36)20-10-13-21(30)14-11-20/h2-3,5,7,9-17,32H,4,6,8H2,1H3,(H,33,35)(H,34,36). The molecule has 0 aliphatic carbocycles. The van der Waals surface area contributed by atoms with Crippen molar-refractivity contribution in [3.05, 3.63) is 100 Å². The van der Waals surface area contributed by atoms with Crippen molar-refractivity contribution in [1.82, 2.24) is 20.8 Å². The molecule has 6 nitrogen and oxygen atoms in total. The second kappa shape index (κ2) is 10.3. The van der Waals surface area contributed by atoms with Crippen LogP contribution in [-0.2, 0) is 11.2 Å². The number of pyridine rings is 1. The Morgan fingerprint density at radius 2 is 1.75 bits per heavy atom. The first-order valence-corrected chi connectivity index (χ1v) is 12.6. The molecule has 0 bridgehead atoms. The number of hydrogen-bond acceptors (Lipinski definition) is 3. The topological polar surface area (TPSA) is 86.9 Å². The van der Waals surface area contributed by atoms with Gasteiger partial charge in [0.1, 0.15) is 0 Å². The van der Waals surface area contributed by atoms with Crippen LogP contribution in [0.15, 0.2) is 83.3 Å². The molecule has 0 spiro atoms. The highest BCUT2D eigenvalue weighted by Crippen LogP contribution is 2.32. The molecule has 0 fully saturated rings. The molecule has 36 heavy (non-hydrogen) atoms. The van der Waals surface area contributed by atoms with Gasteiger partial charge in [0.2, 0.25) is 5.91 Å². The monoisotopic (exact) mass is 540 g/mol. The fraction of sp³-hybridized carbons (Fsp3) is 0.138. The lowest BCUT2D eigenvalue weighted by atomic mass is 10.0. The van der Waals surface area contributed by atoms with Crippen molar-refractivity contribution in [2.24, 2.45) is 0 Å². The number of amides is 2. The first kappa shape index (κ1) is 23.8. The maximum absolute atomic E-state index is 12.4. The molecule has 2 heterocycles. The smallest absolute Gasteiger partial charge is 0.269 e. The average molecular weight is 541 g/mol. The van der Waals surface area contributed by atoms with Crippen LogP contribution in [-0.4, -0.2) is 21.8 Å². The van der Waals surface area contributed by atoms with E-state index in [2.05, 4.69) is 69.0 Å². The first-order chi connectivity index (χ1) is 17.5. The number of para-hydroxylation sites is 1. The van der Waals surface area contributed by atoms with Gasteiger partial charge in [-0.3, -0.25) is 20.4 Å². The van der Waals surface area contributed by atoms with Gasteiger partial charge in [-0.25, -0.2) is 4.98 Å². The van der Waals surface area contributed by atoms with Crippen molar-refractivity contribution in [3.8, 4) is 11.4 Å². The number of nitrogens with one attached hydrogen (secondary N) is 3. The van der Waals surface area contributed by atoms with Crippen molar-refractivity contribution < 1.29 is 9.59 Å². The van der Waals surface area contributed by atoms with Gasteiger partial charge in [0.15, 0.2) is 0 Å². The van der Waals surface area contributed by atoms with Crippen molar-refractivity contribution >= 4 is 49.6 Å². The Kier molecular flexibility index (Phi) is 6.82. The third-order valence-corrected chi connectivity index (χ3v) is 6.70. The summed E-state index contributed by atoms with van der Waals surface area (Å²) < 4.78 is 0.883. The number of benzene rings is 3. The molecule has 0 atom stereocenters. The molecule has 0 saturated heterocycles. The highest BCUT2D eigenvalue weighted by molar-refractivity contribution is 9.10. The van der Waals surface area contributed by atoms with Gasteiger partial charge in [0.05, 0.1) is 16.9 Å². The fourth-order valence-corrected chi connectivity index (χ4v) is 4.60. The number of carbonyl (C=O) groups excluding carboxylic acids is 2. The summed E-state index contributed by atoms with van der Waals surface area (Å²) in [5.41, 5.74) is 11.6. The van der Waals surface area contributed by atoms with Crippen LogP contribution in [0.5, 0.6) is 0 Å². The molecule has 2 amide bonds. The van der Waals surface area contributed by atoms with Crippen molar-refractivity contribution in [2.45, 2.75) is 26.2 Å². The number of fused-ring (bicyclic) bond motifs is 2. The van der Waals surface area contributed by atoms with Crippen LogP contribution in [0.2, 0.25) is 0 Å². The second-order valence-corrected chi connectivity index (χ2v) is 9.70. The maximum atomic E-state index is 12.4. The van der Waals surface area contributed by atoms with E-state index in [1.807, 2.05) is 24.3 Å². The number of aromatic nitrogens is 2. The van der Waals surface area contributed by atoms with Gasteiger partial charge in [-0.1, -0.05) is 51.8 Å². The molecule has 7 heteroatoms. The van der Waals surface area contributed by atoms with E-state index >= 15 is 0 Å². The van der Waals surface area contributed by atoms with E-state index < -0.39 is 0 Å². The lowest BCUT2D eigenvalue weighted by Crippen LogP contribution is -2.41. The summed E-state index contributed by atoms with van der Waals surface area (Å²) >= 11 is 3.34. The van der Waals surface area contributed by atoms with Crippen LogP contribution in [0.4, 0.5) is 0 Å². The number of aryl methyl sites for hydroxylation is 2. The predicted molar refractivity (Wildman–Crippen MR) is 146 cm³/mol.